The Hall–Kier alpha value is -3.36. The normalized spacial score (nSPS) is 10.7. The summed E-state index contributed by atoms with van der Waals surface area (Å²) in [4.78, 5) is 28.7. The topological polar surface area (TPSA) is 80.3 Å². The number of anilines is 2. The number of hydrogen-bond acceptors (Lipinski definition) is 6. The fourth-order valence-corrected chi connectivity index (χ4v) is 5.12. The van der Waals surface area contributed by atoms with Crippen LogP contribution < -0.4 is 15.4 Å². The van der Waals surface area contributed by atoms with Gasteiger partial charge in [-0.05, 0) is 48.0 Å². The summed E-state index contributed by atoms with van der Waals surface area (Å²) < 4.78 is 7.53. The summed E-state index contributed by atoms with van der Waals surface area (Å²) in [5.74, 6) is 0.839. The van der Waals surface area contributed by atoms with Crippen molar-refractivity contribution in [3.63, 3.8) is 0 Å². The molecule has 4 aromatic rings. The lowest BCUT2D eigenvalue weighted by Crippen LogP contribution is -2.13. The zero-order chi connectivity index (χ0) is 22.5. The predicted octanol–water partition coefficient (Wildman–Crippen LogP) is 5.81. The van der Waals surface area contributed by atoms with E-state index in [9.17, 15) is 9.59 Å². The van der Waals surface area contributed by atoms with Crippen molar-refractivity contribution in [2.75, 3.05) is 17.7 Å². The average molecular weight is 464 g/mol. The lowest BCUT2D eigenvalue weighted by molar-refractivity contribution is -0.114. The van der Waals surface area contributed by atoms with E-state index in [0.29, 0.717) is 22.7 Å². The predicted molar refractivity (Wildman–Crippen MR) is 131 cm³/mol. The summed E-state index contributed by atoms with van der Waals surface area (Å²) in [5.41, 5.74) is 3.72. The second-order valence-electron chi connectivity index (χ2n) is 6.98. The zero-order valence-corrected chi connectivity index (χ0v) is 19.2. The number of fused-ring (bicyclic) bond motifs is 1. The van der Waals surface area contributed by atoms with Crippen molar-refractivity contribution in [2.24, 2.45) is 0 Å². The lowest BCUT2D eigenvalue weighted by Gasteiger charge is -2.12. The van der Waals surface area contributed by atoms with Gasteiger partial charge in [0.1, 0.15) is 5.75 Å². The molecule has 0 aliphatic rings. The second kappa shape index (κ2) is 9.84. The van der Waals surface area contributed by atoms with Crippen molar-refractivity contribution in [1.29, 1.82) is 0 Å². The fraction of sp³-hybridized carbons (Fsp3) is 0.125. The van der Waals surface area contributed by atoms with Gasteiger partial charge in [-0.2, -0.15) is 0 Å². The van der Waals surface area contributed by atoms with E-state index in [-0.39, 0.29) is 11.8 Å². The number of benzene rings is 3. The highest BCUT2D eigenvalue weighted by molar-refractivity contribution is 8.00. The van der Waals surface area contributed by atoms with Crippen LogP contribution in [-0.2, 0) is 10.5 Å². The van der Waals surface area contributed by atoms with Crippen LogP contribution in [0.4, 0.5) is 11.4 Å². The number of carbonyl (C=O) groups is 2. The van der Waals surface area contributed by atoms with Gasteiger partial charge >= 0.3 is 0 Å². The van der Waals surface area contributed by atoms with Crippen molar-refractivity contribution in [1.82, 2.24) is 4.98 Å². The first-order valence-corrected chi connectivity index (χ1v) is 11.7. The second-order valence-corrected chi connectivity index (χ2v) is 9.24. The first kappa shape index (κ1) is 21.9. The molecule has 162 valence electrons. The largest absolute Gasteiger partial charge is 0.495 e. The van der Waals surface area contributed by atoms with Crippen molar-refractivity contribution in [3.05, 3.63) is 77.9 Å². The van der Waals surface area contributed by atoms with Crippen molar-refractivity contribution >= 4 is 56.5 Å². The van der Waals surface area contributed by atoms with Crippen LogP contribution in [0, 0.1) is 0 Å². The zero-order valence-electron chi connectivity index (χ0n) is 17.5. The third-order valence-corrected chi connectivity index (χ3v) is 6.87. The molecule has 0 radical (unpaired) electrons. The van der Waals surface area contributed by atoms with Crippen LogP contribution in [0.5, 0.6) is 5.75 Å². The van der Waals surface area contributed by atoms with Crippen molar-refractivity contribution in [2.45, 2.75) is 17.0 Å². The Bertz CT molecular complexity index is 1240. The van der Waals surface area contributed by atoms with Gasteiger partial charge in [0, 0.05) is 23.9 Å². The summed E-state index contributed by atoms with van der Waals surface area (Å²) in [6, 6.07) is 20.7. The van der Waals surface area contributed by atoms with Gasteiger partial charge in [-0.15, -0.1) is 11.3 Å². The van der Waals surface area contributed by atoms with E-state index >= 15 is 0 Å². The minimum absolute atomic E-state index is 0.188. The minimum Gasteiger partial charge on any atom is -0.495 e. The maximum Gasteiger partial charge on any atom is 0.255 e. The van der Waals surface area contributed by atoms with E-state index in [1.807, 2.05) is 30.3 Å². The van der Waals surface area contributed by atoms with E-state index in [0.717, 1.165) is 21.2 Å². The van der Waals surface area contributed by atoms with Gasteiger partial charge in [-0.25, -0.2) is 4.98 Å². The molecule has 2 N–H and O–H groups in total. The maximum absolute atomic E-state index is 12.7. The molecular formula is C24H21N3O3S2. The number of nitrogens with zero attached hydrogens (tertiary/aromatic N) is 1. The van der Waals surface area contributed by atoms with E-state index in [1.54, 1.807) is 53.4 Å². The number of rotatable bonds is 7. The molecule has 2 amide bonds. The standard InChI is InChI=1S/C24H21N3O3S2/c1-15(28)25-18-11-12-21(30-2)20(13-18)26-23(29)17-9-7-16(8-10-17)14-31-24-27-19-5-3-4-6-22(19)32-24/h3-13H,14H2,1-2H3,(H,25,28)(H,26,29). The fourth-order valence-electron chi connectivity index (χ4n) is 3.09. The first-order valence-electron chi connectivity index (χ1n) is 9.86. The van der Waals surface area contributed by atoms with Gasteiger partial charge in [0.25, 0.3) is 5.91 Å². The summed E-state index contributed by atoms with van der Waals surface area (Å²) in [6.45, 7) is 1.43. The molecule has 3 aromatic carbocycles. The van der Waals surface area contributed by atoms with E-state index < -0.39 is 0 Å². The average Bonchev–Trinajstić information content (AvgIpc) is 3.21. The monoisotopic (exact) mass is 463 g/mol. The van der Waals surface area contributed by atoms with Gasteiger partial charge in [-0.3, -0.25) is 9.59 Å². The van der Waals surface area contributed by atoms with Crippen LogP contribution in [0.3, 0.4) is 0 Å². The summed E-state index contributed by atoms with van der Waals surface area (Å²) in [6.07, 6.45) is 0. The van der Waals surface area contributed by atoms with Gasteiger partial charge in [0.2, 0.25) is 5.91 Å². The molecule has 1 aromatic heterocycles. The highest BCUT2D eigenvalue weighted by Crippen LogP contribution is 2.32. The number of para-hydroxylation sites is 1. The number of hydrogen-bond donors (Lipinski definition) is 2. The molecule has 1 heterocycles. The molecule has 0 atom stereocenters. The third-order valence-electron chi connectivity index (χ3n) is 4.62. The molecule has 0 saturated heterocycles. The Morgan fingerprint density at radius 3 is 2.53 bits per heavy atom. The summed E-state index contributed by atoms with van der Waals surface area (Å²) in [7, 11) is 1.53. The van der Waals surface area contributed by atoms with E-state index in [4.69, 9.17) is 4.74 Å². The molecule has 0 spiro atoms. The van der Waals surface area contributed by atoms with E-state index in [2.05, 4.69) is 21.7 Å². The molecule has 0 bridgehead atoms. The molecule has 0 saturated carbocycles. The molecule has 0 unspecified atom stereocenters. The molecular weight excluding hydrogens is 442 g/mol. The van der Waals surface area contributed by atoms with Gasteiger partial charge in [0.05, 0.1) is 23.0 Å². The quantitative estimate of drug-likeness (QED) is 0.338. The number of thiazole rings is 1. The number of aromatic nitrogens is 1. The number of ether oxygens (including phenoxy) is 1. The Labute approximate surface area is 194 Å². The number of methoxy groups -OCH3 is 1. The molecule has 0 aliphatic heterocycles. The summed E-state index contributed by atoms with van der Waals surface area (Å²) in [5, 5.41) is 5.56. The van der Waals surface area contributed by atoms with Crippen LogP contribution in [-0.4, -0.2) is 23.9 Å². The molecule has 0 fully saturated rings. The number of thioether (sulfide) groups is 1. The smallest absolute Gasteiger partial charge is 0.255 e. The van der Waals surface area contributed by atoms with Gasteiger partial charge in [-0.1, -0.05) is 36.0 Å². The van der Waals surface area contributed by atoms with Gasteiger partial charge < -0.3 is 15.4 Å². The molecule has 6 nitrogen and oxygen atoms in total. The van der Waals surface area contributed by atoms with Crippen molar-refractivity contribution < 1.29 is 14.3 Å². The van der Waals surface area contributed by atoms with Crippen LogP contribution in [0.1, 0.15) is 22.8 Å². The minimum atomic E-state index is -0.256. The highest BCUT2D eigenvalue weighted by Gasteiger charge is 2.12. The van der Waals surface area contributed by atoms with Crippen LogP contribution >= 0.6 is 23.1 Å². The maximum atomic E-state index is 12.7. The van der Waals surface area contributed by atoms with Gasteiger partial charge in [0.15, 0.2) is 4.34 Å². The molecule has 32 heavy (non-hydrogen) atoms. The molecule has 4 rings (SSSR count). The molecule has 0 aliphatic carbocycles. The third kappa shape index (κ3) is 5.27. The molecule has 8 heteroatoms. The Kier molecular flexibility index (Phi) is 6.72. The number of carbonyl (C=O) groups excluding carboxylic acids is 2. The van der Waals surface area contributed by atoms with Crippen molar-refractivity contribution in [3.8, 4) is 5.75 Å². The number of nitrogens with one attached hydrogen (secondary N) is 2. The highest BCUT2D eigenvalue weighted by atomic mass is 32.2. The SMILES string of the molecule is COc1ccc(NC(C)=O)cc1NC(=O)c1ccc(CSc2nc3ccccc3s2)cc1. The summed E-state index contributed by atoms with van der Waals surface area (Å²) >= 11 is 3.37. The van der Waals surface area contributed by atoms with E-state index in [1.165, 1.54) is 18.7 Å². The van der Waals surface area contributed by atoms with Crippen LogP contribution in [0.15, 0.2) is 71.1 Å². The number of amides is 2. The Balaban J connectivity index is 1.41. The Morgan fingerprint density at radius 1 is 1.03 bits per heavy atom. The van der Waals surface area contributed by atoms with Crippen LogP contribution in [0.2, 0.25) is 0 Å². The first-order chi connectivity index (χ1) is 15.5. The van der Waals surface area contributed by atoms with Crippen LogP contribution in [0.25, 0.3) is 10.2 Å². The lowest BCUT2D eigenvalue weighted by atomic mass is 10.1. The Morgan fingerprint density at radius 2 is 1.81 bits per heavy atom.